The van der Waals surface area contributed by atoms with Gasteiger partial charge in [-0.3, -0.25) is 9.59 Å². The van der Waals surface area contributed by atoms with E-state index in [4.69, 9.17) is 0 Å². The summed E-state index contributed by atoms with van der Waals surface area (Å²) in [6, 6.07) is 14.4. The van der Waals surface area contributed by atoms with E-state index in [9.17, 15) is 14.0 Å². The van der Waals surface area contributed by atoms with Crippen LogP contribution in [0.3, 0.4) is 0 Å². The smallest absolute Gasteiger partial charge is 0.242 e. The Hall–Kier alpha value is -2.69. The number of piperidine rings is 1. The molecule has 140 valence electrons. The van der Waals surface area contributed by atoms with Gasteiger partial charge in [0, 0.05) is 19.6 Å². The van der Waals surface area contributed by atoms with E-state index in [0.717, 1.165) is 29.5 Å². The Bertz CT molecular complexity index is 883. The highest BCUT2D eigenvalue weighted by Crippen LogP contribution is 2.35. The minimum Gasteiger partial charge on any atom is -0.333 e. The van der Waals surface area contributed by atoms with Crippen molar-refractivity contribution >= 4 is 11.8 Å². The lowest BCUT2D eigenvalue weighted by Gasteiger charge is -2.40. The van der Waals surface area contributed by atoms with Crippen LogP contribution in [0.4, 0.5) is 4.39 Å². The van der Waals surface area contributed by atoms with Gasteiger partial charge >= 0.3 is 0 Å². The molecule has 2 heterocycles. The average Bonchev–Trinajstić information content (AvgIpc) is 3.09. The van der Waals surface area contributed by atoms with Gasteiger partial charge in [0.1, 0.15) is 5.82 Å². The molecule has 2 aliphatic rings. The zero-order valence-corrected chi connectivity index (χ0v) is 15.5. The summed E-state index contributed by atoms with van der Waals surface area (Å²) in [6.07, 6.45) is 1.66. The van der Waals surface area contributed by atoms with Gasteiger partial charge in [-0.05, 0) is 48.6 Å². The van der Waals surface area contributed by atoms with Crippen LogP contribution in [-0.2, 0) is 28.1 Å². The molecule has 0 saturated carbocycles. The molecule has 2 aliphatic heterocycles. The van der Waals surface area contributed by atoms with Gasteiger partial charge in [0.15, 0.2) is 0 Å². The van der Waals surface area contributed by atoms with E-state index in [1.807, 2.05) is 37.3 Å². The Morgan fingerprint density at radius 1 is 1.11 bits per heavy atom. The van der Waals surface area contributed by atoms with E-state index in [2.05, 4.69) is 0 Å². The van der Waals surface area contributed by atoms with Gasteiger partial charge in [0.2, 0.25) is 11.8 Å². The summed E-state index contributed by atoms with van der Waals surface area (Å²) >= 11 is 0. The lowest BCUT2D eigenvalue weighted by molar-refractivity contribution is -0.146. The number of nitrogens with zero attached hydrogens (tertiary/aromatic N) is 2. The number of fused-ring (bicyclic) bond motifs is 1. The van der Waals surface area contributed by atoms with Gasteiger partial charge in [-0.25, -0.2) is 4.39 Å². The maximum absolute atomic E-state index is 13.4. The first-order chi connectivity index (χ1) is 13.0. The van der Waals surface area contributed by atoms with Crippen LogP contribution in [0.15, 0.2) is 48.5 Å². The van der Waals surface area contributed by atoms with Gasteiger partial charge in [-0.1, -0.05) is 36.4 Å². The molecule has 27 heavy (non-hydrogen) atoms. The normalized spacial score (nSPS) is 22.1. The van der Waals surface area contributed by atoms with Crippen LogP contribution in [0.2, 0.25) is 0 Å². The molecule has 1 atom stereocenters. The first-order valence-corrected chi connectivity index (χ1v) is 9.37. The molecule has 5 heteroatoms. The first kappa shape index (κ1) is 17.7. The fraction of sp³-hybridized carbons (Fsp3) is 0.364. The van der Waals surface area contributed by atoms with E-state index >= 15 is 0 Å². The number of rotatable bonds is 3. The second-order valence-corrected chi connectivity index (χ2v) is 7.69. The van der Waals surface area contributed by atoms with Crippen LogP contribution < -0.4 is 0 Å². The fourth-order valence-corrected chi connectivity index (χ4v) is 4.21. The van der Waals surface area contributed by atoms with Gasteiger partial charge in [-0.15, -0.1) is 0 Å². The molecule has 1 unspecified atom stereocenters. The number of amides is 2. The van der Waals surface area contributed by atoms with Crippen molar-refractivity contribution in [2.75, 3.05) is 13.1 Å². The molecule has 0 N–H and O–H groups in total. The molecule has 4 rings (SSSR count). The van der Waals surface area contributed by atoms with Crippen molar-refractivity contribution in [2.24, 2.45) is 0 Å². The summed E-state index contributed by atoms with van der Waals surface area (Å²) in [5.41, 5.74) is 2.24. The van der Waals surface area contributed by atoms with Crippen molar-refractivity contribution in [3.8, 4) is 0 Å². The van der Waals surface area contributed by atoms with Gasteiger partial charge in [-0.2, -0.15) is 0 Å². The number of benzene rings is 2. The topological polar surface area (TPSA) is 40.6 Å². The summed E-state index contributed by atoms with van der Waals surface area (Å²) in [6.45, 7) is 3.53. The van der Waals surface area contributed by atoms with Gasteiger partial charge in [0.25, 0.3) is 0 Å². The third kappa shape index (κ3) is 3.22. The molecule has 2 aromatic carbocycles. The Morgan fingerprint density at radius 3 is 2.63 bits per heavy atom. The number of halogens is 1. The third-order valence-corrected chi connectivity index (χ3v) is 5.84. The van der Waals surface area contributed by atoms with E-state index in [1.54, 1.807) is 15.9 Å². The predicted molar refractivity (Wildman–Crippen MR) is 100 cm³/mol. The van der Waals surface area contributed by atoms with E-state index in [1.165, 1.54) is 12.1 Å². The summed E-state index contributed by atoms with van der Waals surface area (Å²) < 4.78 is 13.4. The van der Waals surface area contributed by atoms with Gasteiger partial charge in [0.05, 0.1) is 12.0 Å². The van der Waals surface area contributed by atoms with Crippen LogP contribution in [0.1, 0.15) is 36.5 Å². The van der Waals surface area contributed by atoms with Crippen molar-refractivity contribution in [1.82, 2.24) is 9.80 Å². The molecular weight excluding hydrogens is 343 g/mol. The SMILES string of the molecule is CC1(c2ccccc2)CCCN(CC(=O)N2Cc3ccc(F)cc3C2)C1=O. The molecule has 0 bridgehead atoms. The highest BCUT2D eigenvalue weighted by atomic mass is 19.1. The molecule has 4 nitrogen and oxygen atoms in total. The quantitative estimate of drug-likeness (QED) is 0.837. The molecule has 0 aromatic heterocycles. The van der Waals surface area contributed by atoms with E-state index < -0.39 is 5.41 Å². The van der Waals surface area contributed by atoms with Crippen molar-refractivity contribution in [3.63, 3.8) is 0 Å². The number of carbonyl (C=O) groups is 2. The molecule has 2 amide bonds. The van der Waals surface area contributed by atoms with Crippen LogP contribution in [0.25, 0.3) is 0 Å². The number of hydrogen-bond donors (Lipinski definition) is 0. The Kier molecular flexibility index (Phi) is 4.46. The summed E-state index contributed by atoms with van der Waals surface area (Å²) in [5, 5.41) is 0. The lowest BCUT2D eigenvalue weighted by Crippen LogP contribution is -2.52. The summed E-state index contributed by atoms with van der Waals surface area (Å²) in [5.74, 6) is -0.360. The minimum atomic E-state index is -0.586. The maximum Gasteiger partial charge on any atom is 0.242 e. The molecule has 0 radical (unpaired) electrons. The Balaban J connectivity index is 1.47. The van der Waals surface area contributed by atoms with E-state index in [-0.39, 0.29) is 24.2 Å². The number of likely N-dealkylation sites (tertiary alicyclic amines) is 1. The lowest BCUT2D eigenvalue weighted by atomic mass is 9.75. The average molecular weight is 366 g/mol. The van der Waals surface area contributed by atoms with E-state index in [0.29, 0.717) is 19.6 Å². The monoisotopic (exact) mass is 366 g/mol. The second kappa shape index (κ2) is 6.80. The number of carbonyl (C=O) groups excluding carboxylic acids is 2. The molecule has 0 spiro atoms. The van der Waals surface area contributed by atoms with Crippen LogP contribution in [0, 0.1) is 5.82 Å². The predicted octanol–water partition coefficient (Wildman–Crippen LogP) is 3.25. The van der Waals surface area contributed by atoms with Crippen LogP contribution >= 0.6 is 0 Å². The first-order valence-electron chi connectivity index (χ1n) is 9.37. The zero-order valence-electron chi connectivity index (χ0n) is 15.5. The summed E-state index contributed by atoms with van der Waals surface area (Å²) in [7, 11) is 0. The van der Waals surface area contributed by atoms with Crippen LogP contribution in [0.5, 0.6) is 0 Å². The van der Waals surface area contributed by atoms with Crippen molar-refractivity contribution < 1.29 is 14.0 Å². The fourth-order valence-electron chi connectivity index (χ4n) is 4.21. The maximum atomic E-state index is 13.4. The van der Waals surface area contributed by atoms with Crippen molar-refractivity contribution in [2.45, 2.75) is 38.3 Å². The Morgan fingerprint density at radius 2 is 1.85 bits per heavy atom. The second-order valence-electron chi connectivity index (χ2n) is 7.69. The zero-order chi connectivity index (χ0) is 19.0. The minimum absolute atomic E-state index is 0.0102. The third-order valence-electron chi connectivity index (χ3n) is 5.84. The molecule has 1 fully saturated rings. The van der Waals surface area contributed by atoms with Crippen LogP contribution in [-0.4, -0.2) is 34.7 Å². The van der Waals surface area contributed by atoms with Gasteiger partial charge < -0.3 is 9.80 Å². The largest absolute Gasteiger partial charge is 0.333 e. The number of hydrogen-bond acceptors (Lipinski definition) is 2. The highest BCUT2D eigenvalue weighted by molar-refractivity contribution is 5.92. The van der Waals surface area contributed by atoms with Crippen molar-refractivity contribution in [3.05, 3.63) is 71.0 Å². The van der Waals surface area contributed by atoms with Crippen molar-refractivity contribution in [1.29, 1.82) is 0 Å². The standard InChI is InChI=1S/C22H23FN2O2/c1-22(18-6-3-2-4-7-18)10-5-11-24(21(22)27)15-20(26)25-13-16-8-9-19(23)12-17(16)14-25/h2-4,6-9,12H,5,10-11,13-15H2,1H3. The molecular formula is C22H23FN2O2. The molecule has 1 saturated heterocycles. The highest BCUT2D eigenvalue weighted by Gasteiger charge is 2.42. The summed E-state index contributed by atoms with van der Waals surface area (Å²) in [4.78, 5) is 29.3. The Labute approximate surface area is 158 Å². The molecule has 0 aliphatic carbocycles. The molecule has 2 aromatic rings.